The summed E-state index contributed by atoms with van der Waals surface area (Å²) < 4.78 is 2.30. The molecule has 7 heteroatoms. The molecule has 6 nitrogen and oxygen atoms in total. The van der Waals surface area contributed by atoms with Gasteiger partial charge < -0.3 is 5.11 Å². The zero-order valence-corrected chi connectivity index (χ0v) is 11.7. The van der Waals surface area contributed by atoms with Crippen molar-refractivity contribution in [2.45, 2.75) is 9.92 Å². The van der Waals surface area contributed by atoms with Gasteiger partial charge in [-0.1, -0.05) is 23.9 Å². The van der Waals surface area contributed by atoms with Gasteiger partial charge in [0.25, 0.3) is 5.56 Å². The van der Waals surface area contributed by atoms with Crippen molar-refractivity contribution in [1.29, 1.82) is 0 Å². The van der Waals surface area contributed by atoms with Crippen molar-refractivity contribution in [1.82, 2.24) is 9.13 Å². The standard InChI is InChI=1S/C13H12N2O4S/c1-14-10(16)7-11(15(2)13(14)19)20-9-6-4-3-5-8(9)12(17)18/h3-7H,1-2H3,(H,17,18). The summed E-state index contributed by atoms with van der Waals surface area (Å²) in [6.07, 6.45) is 0. The predicted octanol–water partition coefficient (Wildman–Crippen LogP) is 0.933. The zero-order chi connectivity index (χ0) is 14.9. The fourth-order valence-electron chi connectivity index (χ4n) is 1.66. The summed E-state index contributed by atoms with van der Waals surface area (Å²) in [5.41, 5.74) is -0.748. The molecule has 0 atom stereocenters. The van der Waals surface area contributed by atoms with E-state index < -0.39 is 17.2 Å². The van der Waals surface area contributed by atoms with Crippen LogP contribution in [0.25, 0.3) is 0 Å². The van der Waals surface area contributed by atoms with Crippen molar-refractivity contribution in [3.05, 3.63) is 56.7 Å². The Labute approximate surface area is 118 Å². The minimum Gasteiger partial charge on any atom is -0.478 e. The molecule has 2 aromatic rings. The maximum atomic E-state index is 11.8. The number of aromatic carboxylic acids is 1. The van der Waals surface area contributed by atoms with E-state index in [9.17, 15) is 14.4 Å². The van der Waals surface area contributed by atoms with Crippen LogP contribution in [-0.2, 0) is 14.1 Å². The number of rotatable bonds is 3. The van der Waals surface area contributed by atoms with E-state index in [0.717, 1.165) is 16.3 Å². The molecule has 1 aromatic carbocycles. The summed E-state index contributed by atoms with van der Waals surface area (Å²) in [6.45, 7) is 0. The Morgan fingerprint density at radius 1 is 1.15 bits per heavy atom. The van der Waals surface area contributed by atoms with Crippen LogP contribution in [0.5, 0.6) is 0 Å². The van der Waals surface area contributed by atoms with Crippen molar-refractivity contribution < 1.29 is 9.90 Å². The van der Waals surface area contributed by atoms with Gasteiger partial charge >= 0.3 is 11.7 Å². The van der Waals surface area contributed by atoms with Gasteiger partial charge in [0.2, 0.25) is 0 Å². The topological polar surface area (TPSA) is 81.3 Å². The van der Waals surface area contributed by atoms with Crippen LogP contribution in [0.15, 0.2) is 49.8 Å². The van der Waals surface area contributed by atoms with Gasteiger partial charge in [0.15, 0.2) is 0 Å². The van der Waals surface area contributed by atoms with E-state index in [1.165, 1.54) is 30.8 Å². The molecule has 0 aliphatic rings. The Hall–Kier alpha value is -2.28. The molecule has 0 bridgehead atoms. The second-order valence-electron chi connectivity index (χ2n) is 4.12. The molecule has 104 valence electrons. The van der Waals surface area contributed by atoms with Gasteiger partial charge in [0.05, 0.1) is 10.6 Å². The van der Waals surface area contributed by atoms with Crippen LogP contribution in [-0.4, -0.2) is 20.2 Å². The van der Waals surface area contributed by atoms with Gasteiger partial charge in [0, 0.05) is 25.1 Å². The minimum absolute atomic E-state index is 0.130. The number of carboxylic acids is 1. The molecule has 1 N–H and O–H groups in total. The van der Waals surface area contributed by atoms with Crippen molar-refractivity contribution in [3.63, 3.8) is 0 Å². The zero-order valence-electron chi connectivity index (χ0n) is 10.9. The molecule has 0 saturated heterocycles. The lowest BCUT2D eigenvalue weighted by molar-refractivity contribution is 0.0693. The first-order chi connectivity index (χ1) is 9.41. The van der Waals surface area contributed by atoms with E-state index in [2.05, 4.69) is 0 Å². The Kier molecular flexibility index (Phi) is 3.80. The monoisotopic (exact) mass is 292 g/mol. The van der Waals surface area contributed by atoms with Crippen LogP contribution >= 0.6 is 11.8 Å². The Morgan fingerprint density at radius 3 is 2.45 bits per heavy atom. The number of hydrogen-bond acceptors (Lipinski definition) is 4. The summed E-state index contributed by atoms with van der Waals surface area (Å²) in [5.74, 6) is -1.05. The van der Waals surface area contributed by atoms with Gasteiger partial charge in [-0.3, -0.25) is 13.9 Å². The normalized spacial score (nSPS) is 10.5. The summed E-state index contributed by atoms with van der Waals surface area (Å²) >= 11 is 1.07. The molecule has 0 aliphatic heterocycles. The fourth-order valence-corrected chi connectivity index (χ4v) is 2.67. The molecular weight excluding hydrogens is 280 g/mol. The molecular formula is C13H12N2O4S. The highest BCUT2D eigenvalue weighted by molar-refractivity contribution is 7.99. The van der Waals surface area contributed by atoms with Crippen LogP contribution < -0.4 is 11.2 Å². The maximum Gasteiger partial charge on any atom is 0.336 e. The molecule has 2 rings (SSSR count). The quantitative estimate of drug-likeness (QED) is 0.851. The Morgan fingerprint density at radius 2 is 1.80 bits per heavy atom. The molecule has 0 fully saturated rings. The van der Waals surface area contributed by atoms with Crippen LogP contribution in [0.2, 0.25) is 0 Å². The van der Waals surface area contributed by atoms with Gasteiger partial charge in [-0.05, 0) is 12.1 Å². The van der Waals surface area contributed by atoms with Crippen molar-refractivity contribution in [3.8, 4) is 0 Å². The van der Waals surface area contributed by atoms with Gasteiger partial charge in [-0.15, -0.1) is 0 Å². The molecule has 1 heterocycles. The van der Waals surface area contributed by atoms with E-state index in [4.69, 9.17) is 5.11 Å². The first kappa shape index (κ1) is 14.1. The van der Waals surface area contributed by atoms with Crippen LogP contribution in [0.3, 0.4) is 0 Å². The largest absolute Gasteiger partial charge is 0.478 e. The van der Waals surface area contributed by atoms with E-state index in [1.807, 2.05) is 0 Å². The van der Waals surface area contributed by atoms with Crippen LogP contribution in [0.1, 0.15) is 10.4 Å². The lowest BCUT2D eigenvalue weighted by Crippen LogP contribution is -2.36. The predicted molar refractivity (Wildman–Crippen MR) is 74.4 cm³/mol. The average molecular weight is 292 g/mol. The number of aromatic nitrogens is 2. The van der Waals surface area contributed by atoms with Crippen LogP contribution in [0.4, 0.5) is 0 Å². The smallest absolute Gasteiger partial charge is 0.336 e. The molecule has 20 heavy (non-hydrogen) atoms. The first-order valence-electron chi connectivity index (χ1n) is 5.69. The third-order valence-electron chi connectivity index (χ3n) is 2.81. The number of hydrogen-bond donors (Lipinski definition) is 1. The molecule has 0 saturated carbocycles. The number of carboxylic acid groups (broad SMARTS) is 1. The second-order valence-corrected chi connectivity index (χ2v) is 5.19. The average Bonchev–Trinajstić information content (AvgIpc) is 2.43. The van der Waals surface area contributed by atoms with Gasteiger partial charge in [0.1, 0.15) is 0 Å². The third kappa shape index (κ3) is 2.53. The second kappa shape index (κ2) is 5.38. The number of carbonyl (C=O) groups is 1. The molecule has 0 unspecified atom stereocenters. The summed E-state index contributed by atoms with van der Waals surface area (Å²) in [6, 6.07) is 7.75. The first-order valence-corrected chi connectivity index (χ1v) is 6.50. The Balaban J connectivity index is 2.54. The maximum absolute atomic E-state index is 11.8. The highest BCUT2D eigenvalue weighted by atomic mass is 32.2. The van der Waals surface area contributed by atoms with Crippen LogP contribution in [0, 0.1) is 0 Å². The summed E-state index contributed by atoms with van der Waals surface area (Å²) in [7, 11) is 2.93. The highest BCUT2D eigenvalue weighted by Crippen LogP contribution is 2.28. The molecule has 0 spiro atoms. The van der Waals surface area contributed by atoms with E-state index >= 15 is 0 Å². The summed E-state index contributed by atoms with van der Waals surface area (Å²) in [4.78, 5) is 35.1. The highest BCUT2D eigenvalue weighted by Gasteiger charge is 2.13. The van der Waals surface area contributed by atoms with E-state index in [0.29, 0.717) is 9.92 Å². The lowest BCUT2D eigenvalue weighted by atomic mass is 10.2. The lowest BCUT2D eigenvalue weighted by Gasteiger charge is -2.10. The van der Waals surface area contributed by atoms with Gasteiger partial charge in [-0.2, -0.15) is 0 Å². The SMILES string of the molecule is Cn1c(Sc2ccccc2C(=O)O)cc(=O)n(C)c1=O. The van der Waals surface area contributed by atoms with E-state index in [-0.39, 0.29) is 5.56 Å². The molecule has 0 amide bonds. The van der Waals surface area contributed by atoms with E-state index in [1.54, 1.807) is 18.2 Å². The Bertz CT molecular complexity index is 792. The van der Waals surface area contributed by atoms with Gasteiger partial charge in [-0.25, -0.2) is 9.59 Å². The fraction of sp³-hybridized carbons (Fsp3) is 0.154. The number of nitrogens with zero attached hydrogens (tertiary/aromatic N) is 2. The van der Waals surface area contributed by atoms with Crippen molar-refractivity contribution >= 4 is 17.7 Å². The van der Waals surface area contributed by atoms with Crippen molar-refractivity contribution in [2.24, 2.45) is 14.1 Å². The molecule has 0 radical (unpaired) electrons. The molecule has 1 aromatic heterocycles. The number of benzene rings is 1. The minimum atomic E-state index is -1.05. The van der Waals surface area contributed by atoms with Crippen molar-refractivity contribution in [2.75, 3.05) is 0 Å². The third-order valence-corrected chi connectivity index (χ3v) is 3.99. The molecule has 0 aliphatic carbocycles. The summed E-state index contributed by atoms with van der Waals surface area (Å²) in [5, 5.41) is 9.51.